The molecular formula is C20H18N4O7. The molecule has 0 unspecified atom stereocenters. The predicted octanol–water partition coefficient (Wildman–Crippen LogP) is 1.86. The zero-order valence-electron chi connectivity index (χ0n) is 16.4. The molecule has 1 saturated heterocycles. The van der Waals surface area contributed by atoms with Crippen LogP contribution < -0.4 is 15.8 Å². The van der Waals surface area contributed by atoms with Crippen molar-refractivity contribution in [3.63, 3.8) is 0 Å². The number of anilines is 2. The highest BCUT2D eigenvalue weighted by molar-refractivity contribution is 6.01. The van der Waals surface area contributed by atoms with Crippen LogP contribution in [0, 0.1) is 17.0 Å². The van der Waals surface area contributed by atoms with Crippen molar-refractivity contribution < 1.29 is 28.8 Å². The number of ether oxygens (including phenoxy) is 1. The standard InChI is InChI=1S/C20H18N4O7/c1-12-10-15(24(29)30)6-7-16(12)21-18(26)11-31-20(28)13-2-4-14(5-3-13)23-19(27)9-8-17(25)22-23/h2-7,10H,8-9,11H2,1H3,(H,21,26)(H,22,25). The summed E-state index contributed by atoms with van der Waals surface area (Å²) in [6.07, 6.45) is 0.222. The lowest BCUT2D eigenvalue weighted by Crippen LogP contribution is -2.50. The number of amides is 3. The van der Waals surface area contributed by atoms with Gasteiger partial charge in [-0.3, -0.25) is 29.9 Å². The van der Waals surface area contributed by atoms with Crippen LogP contribution in [0.2, 0.25) is 0 Å². The van der Waals surface area contributed by atoms with Gasteiger partial charge in [-0.05, 0) is 42.8 Å². The van der Waals surface area contributed by atoms with Crippen LogP contribution in [0.1, 0.15) is 28.8 Å². The van der Waals surface area contributed by atoms with E-state index in [9.17, 15) is 29.3 Å². The van der Waals surface area contributed by atoms with E-state index < -0.39 is 23.4 Å². The van der Waals surface area contributed by atoms with E-state index in [4.69, 9.17) is 4.74 Å². The van der Waals surface area contributed by atoms with E-state index in [0.717, 1.165) is 5.01 Å². The van der Waals surface area contributed by atoms with Gasteiger partial charge in [0.15, 0.2) is 6.61 Å². The number of nitrogens with zero attached hydrogens (tertiary/aromatic N) is 2. The summed E-state index contributed by atoms with van der Waals surface area (Å²) in [6, 6.07) is 9.73. The van der Waals surface area contributed by atoms with Crippen LogP contribution in [0.3, 0.4) is 0 Å². The maximum absolute atomic E-state index is 12.2. The molecule has 160 valence electrons. The number of carbonyl (C=O) groups excluding carboxylic acids is 4. The maximum Gasteiger partial charge on any atom is 0.338 e. The predicted molar refractivity (Wildman–Crippen MR) is 108 cm³/mol. The van der Waals surface area contributed by atoms with Crippen molar-refractivity contribution in [2.75, 3.05) is 16.9 Å². The molecule has 2 aromatic carbocycles. The molecule has 0 aliphatic carbocycles. The minimum Gasteiger partial charge on any atom is -0.452 e. The summed E-state index contributed by atoms with van der Waals surface area (Å²) in [4.78, 5) is 57.8. The molecule has 3 rings (SSSR count). The van der Waals surface area contributed by atoms with Gasteiger partial charge in [0.05, 0.1) is 16.2 Å². The number of nitro groups is 1. The van der Waals surface area contributed by atoms with Crippen molar-refractivity contribution in [1.29, 1.82) is 0 Å². The molecule has 0 radical (unpaired) electrons. The number of non-ortho nitro benzene ring substituents is 1. The van der Waals surface area contributed by atoms with E-state index in [-0.39, 0.29) is 35.9 Å². The average molecular weight is 426 g/mol. The van der Waals surface area contributed by atoms with Crippen LogP contribution in [0.4, 0.5) is 17.1 Å². The Morgan fingerprint density at radius 3 is 2.52 bits per heavy atom. The Bertz CT molecular complexity index is 1070. The fraction of sp³-hybridized carbons (Fsp3) is 0.200. The van der Waals surface area contributed by atoms with E-state index in [1.54, 1.807) is 6.92 Å². The molecule has 1 heterocycles. The first-order chi connectivity index (χ1) is 14.7. The fourth-order valence-corrected chi connectivity index (χ4v) is 2.83. The smallest absolute Gasteiger partial charge is 0.338 e. The Labute approximate surface area is 176 Å². The number of rotatable bonds is 6. The number of hydrogen-bond acceptors (Lipinski definition) is 7. The van der Waals surface area contributed by atoms with Crippen molar-refractivity contribution >= 4 is 40.8 Å². The van der Waals surface area contributed by atoms with Crippen LogP contribution in [0.15, 0.2) is 42.5 Å². The molecule has 3 amide bonds. The monoisotopic (exact) mass is 426 g/mol. The fourth-order valence-electron chi connectivity index (χ4n) is 2.83. The van der Waals surface area contributed by atoms with Gasteiger partial charge < -0.3 is 10.1 Å². The third-order valence-corrected chi connectivity index (χ3v) is 4.44. The molecule has 1 aliphatic heterocycles. The zero-order valence-corrected chi connectivity index (χ0v) is 16.4. The van der Waals surface area contributed by atoms with Gasteiger partial charge in [-0.2, -0.15) is 0 Å². The van der Waals surface area contributed by atoms with Crippen molar-refractivity contribution in [2.45, 2.75) is 19.8 Å². The quantitative estimate of drug-likeness (QED) is 0.407. The van der Waals surface area contributed by atoms with Gasteiger partial charge in [0.2, 0.25) is 11.8 Å². The van der Waals surface area contributed by atoms with Crippen LogP contribution in [0.25, 0.3) is 0 Å². The molecule has 1 aliphatic rings. The Balaban J connectivity index is 1.55. The van der Waals surface area contributed by atoms with Gasteiger partial charge in [-0.15, -0.1) is 0 Å². The van der Waals surface area contributed by atoms with Gasteiger partial charge in [-0.1, -0.05) is 0 Å². The number of hydrazine groups is 1. The number of esters is 1. The molecule has 0 saturated carbocycles. The minimum atomic E-state index is -0.754. The van der Waals surface area contributed by atoms with E-state index in [0.29, 0.717) is 16.9 Å². The lowest BCUT2D eigenvalue weighted by atomic mass is 10.1. The molecule has 0 spiro atoms. The molecule has 0 bridgehead atoms. The highest BCUT2D eigenvalue weighted by Crippen LogP contribution is 2.21. The average Bonchev–Trinajstić information content (AvgIpc) is 2.75. The molecule has 1 fully saturated rings. The molecule has 11 heteroatoms. The van der Waals surface area contributed by atoms with Crippen molar-refractivity contribution in [3.05, 3.63) is 63.7 Å². The normalized spacial score (nSPS) is 13.4. The highest BCUT2D eigenvalue weighted by Gasteiger charge is 2.24. The molecule has 11 nitrogen and oxygen atoms in total. The van der Waals surface area contributed by atoms with Crippen LogP contribution >= 0.6 is 0 Å². The van der Waals surface area contributed by atoms with Crippen LogP contribution in [-0.2, 0) is 19.1 Å². The number of benzene rings is 2. The molecular weight excluding hydrogens is 408 g/mol. The van der Waals surface area contributed by atoms with E-state index in [1.165, 1.54) is 42.5 Å². The molecule has 0 aromatic heterocycles. The van der Waals surface area contributed by atoms with Crippen molar-refractivity contribution in [3.8, 4) is 0 Å². The summed E-state index contributed by atoms with van der Waals surface area (Å²) < 4.78 is 4.98. The van der Waals surface area contributed by atoms with Gasteiger partial charge in [0.25, 0.3) is 11.6 Å². The Morgan fingerprint density at radius 1 is 1.16 bits per heavy atom. The second kappa shape index (κ2) is 9.03. The molecule has 2 aromatic rings. The van der Waals surface area contributed by atoms with Gasteiger partial charge in [0, 0.05) is 30.7 Å². The molecule has 2 N–H and O–H groups in total. The van der Waals surface area contributed by atoms with E-state index in [1.807, 2.05) is 0 Å². The third-order valence-electron chi connectivity index (χ3n) is 4.44. The first-order valence-corrected chi connectivity index (χ1v) is 9.19. The molecule has 31 heavy (non-hydrogen) atoms. The second-order valence-corrected chi connectivity index (χ2v) is 6.69. The second-order valence-electron chi connectivity index (χ2n) is 6.69. The Kier molecular flexibility index (Phi) is 6.24. The van der Waals surface area contributed by atoms with Crippen LogP contribution in [-0.4, -0.2) is 35.2 Å². The zero-order chi connectivity index (χ0) is 22.5. The lowest BCUT2D eigenvalue weighted by Gasteiger charge is -2.27. The molecule has 0 atom stereocenters. The van der Waals surface area contributed by atoms with Gasteiger partial charge >= 0.3 is 5.97 Å². The number of nitrogens with one attached hydrogen (secondary N) is 2. The summed E-state index contributed by atoms with van der Waals surface area (Å²) in [7, 11) is 0. The third kappa shape index (κ3) is 5.21. The number of aryl methyl sites for hydroxylation is 1. The maximum atomic E-state index is 12.2. The largest absolute Gasteiger partial charge is 0.452 e. The topological polar surface area (TPSA) is 148 Å². The van der Waals surface area contributed by atoms with Crippen molar-refractivity contribution in [2.24, 2.45) is 0 Å². The summed E-state index contributed by atoms with van der Waals surface area (Å²) >= 11 is 0. The van der Waals surface area contributed by atoms with Gasteiger partial charge in [0.1, 0.15) is 0 Å². The van der Waals surface area contributed by atoms with Crippen LogP contribution in [0.5, 0.6) is 0 Å². The van der Waals surface area contributed by atoms with Gasteiger partial charge in [-0.25, -0.2) is 9.80 Å². The summed E-state index contributed by atoms with van der Waals surface area (Å²) in [5, 5.41) is 14.4. The minimum absolute atomic E-state index is 0.0962. The van der Waals surface area contributed by atoms with E-state index >= 15 is 0 Å². The van der Waals surface area contributed by atoms with Crippen molar-refractivity contribution in [1.82, 2.24) is 5.43 Å². The Hall–Kier alpha value is -4.28. The number of hydrogen-bond donors (Lipinski definition) is 2. The first-order valence-electron chi connectivity index (χ1n) is 9.19. The summed E-state index contributed by atoms with van der Waals surface area (Å²) in [6.45, 7) is 1.05. The summed E-state index contributed by atoms with van der Waals surface area (Å²) in [5.74, 6) is -1.91. The first kappa shape index (κ1) is 21.4. The lowest BCUT2D eigenvalue weighted by molar-refractivity contribution is -0.384. The number of carbonyl (C=O) groups is 4. The van der Waals surface area contributed by atoms with E-state index in [2.05, 4.69) is 10.7 Å². The SMILES string of the molecule is Cc1cc([N+](=O)[O-])ccc1NC(=O)COC(=O)c1ccc(N2NC(=O)CCC2=O)cc1. The highest BCUT2D eigenvalue weighted by atomic mass is 16.6. The Morgan fingerprint density at radius 2 is 1.87 bits per heavy atom. The number of nitro benzene ring substituents is 1. The summed E-state index contributed by atoms with van der Waals surface area (Å²) in [5.41, 5.74) is 3.74.